The number of urea groups is 1. The van der Waals surface area contributed by atoms with E-state index in [1.54, 1.807) is 12.3 Å². The molecule has 136 valence electrons. The first-order valence-electron chi connectivity index (χ1n) is 7.72. The fourth-order valence-corrected chi connectivity index (χ4v) is 2.92. The molecule has 1 aliphatic rings. The molecule has 0 unspecified atom stereocenters. The van der Waals surface area contributed by atoms with Gasteiger partial charge in [-0.1, -0.05) is 12.1 Å². The number of benzene rings is 1. The summed E-state index contributed by atoms with van der Waals surface area (Å²) in [4.78, 5) is 29.2. The van der Waals surface area contributed by atoms with Crippen LogP contribution in [-0.2, 0) is 23.9 Å². The average Bonchev–Trinajstić information content (AvgIpc) is 2.57. The molecule has 3 amide bonds. The third-order valence-electron chi connectivity index (χ3n) is 4.08. The molecule has 2 heterocycles. The molecule has 1 aliphatic heterocycles. The van der Waals surface area contributed by atoms with Crippen LogP contribution >= 0.6 is 0 Å². The highest BCUT2D eigenvalue weighted by Gasteiger charge is 2.34. The number of nitrogens with one attached hydrogen (secondary N) is 1. The van der Waals surface area contributed by atoms with Gasteiger partial charge in [-0.05, 0) is 29.3 Å². The smallest absolute Gasteiger partial charge is 0.352 e. The van der Waals surface area contributed by atoms with Crippen LogP contribution in [-0.4, -0.2) is 23.0 Å². The van der Waals surface area contributed by atoms with Gasteiger partial charge in [-0.15, -0.1) is 0 Å². The minimum absolute atomic E-state index is 0.0849. The zero-order chi connectivity index (χ0) is 18.9. The predicted molar refractivity (Wildman–Crippen MR) is 87.1 cm³/mol. The van der Waals surface area contributed by atoms with Crippen molar-refractivity contribution in [2.45, 2.75) is 25.2 Å². The van der Waals surface area contributed by atoms with Gasteiger partial charge < -0.3 is 16.0 Å². The quantitative estimate of drug-likeness (QED) is 0.875. The van der Waals surface area contributed by atoms with E-state index in [0.717, 1.165) is 17.7 Å². The van der Waals surface area contributed by atoms with Crippen LogP contribution in [0.5, 0.6) is 0 Å². The number of carbonyl (C=O) groups excluding carboxylic acids is 2. The molecule has 0 aliphatic carbocycles. The summed E-state index contributed by atoms with van der Waals surface area (Å²) >= 11 is 0. The fourth-order valence-electron chi connectivity index (χ4n) is 2.92. The van der Waals surface area contributed by atoms with E-state index in [9.17, 15) is 22.8 Å². The molecule has 0 fully saturated rings. The SMILES string of the molecule is NC(=O)N[C@@H]1Cc2ccncc2N(Cc2cccc(C(F)(F)F)c2)C1=O. The van der Waals surface area contributed by atoms with Gasteiger partial charge in [0.05, 0.1) is 24.0 Å². The van der Waals surface area contributed by atoms with Crippen molar-refractivity contribution < 1.29 is 22.8 Å². The van der Waals surface area contributed by atoms with E-state index < -0.39 is 29.7 Å². The number of fused-ring (bicyclic) bond motifs is 1. The Morgan fingerprint density at radius 1 is 1.35 bits per heavy atom. The molecular weight excluding hydrogens is 349 g/mol. The second-order valence-corrected chi connectivity index (χ2v) is 5.89. The second kappa shape index (κ2) is 6.66. The first-order valence-corrected chi connectivity index (χ1v) is 7.72. The molecule has 0 bridgehead atoms. The minimum Gasteiger partial charge on any atom is -0.352 e. The third kappa shape index (κ3) is 3.61. The van der Waals surface area contributed by atoms with Crippen molar-refractivity contribution in [3.05, 3.63) is 59.4 Å². The van der Waals surface area contributed by atoms with Crippen molar-refractivity contribution in [3.8, 4) is 0 Å². The second-order valence-electron chi connectivity index (χ2n) is 5.89. The molecule has 1 aromatic carbocycles. The van der Waals surface area contributed by atoms with Crippen molar-refractivity contribution in [2.24, 2.45) is 5.73 Å². The monoisotopic (exact) mass is 364 g/mol. The standard InChI is InChI=1S/C17H15F3N4O2/c18-17(19,20)12-3-1-2-10(6-12)9-24-14-8-22-5-4-11(14)7-13(15(24)25)23-16(21)26/h1-6,8,13H,7,9H2,(H3,21,23,26)/t13-/m1/s1. The summed E-state index contributed by atoms with van der Waals surface area (Å²) in [6.07, 6.45) is -1.23. The Morgan fingerprint density at radius 3 is 2.81 bits per heavy atom. The number of nitrogens with zero attached hydrogens (tertiary/aromatic N) is 2. The van der Waals surface area contributed by atoms with Crippen molar-refractivity contribution >= 4 is 17.6 Å². The number of amides is 3. The number of halogens is 3. The highest BCUT2D eigenvalue weighted by Crippen LogP contribution is 2.32. The topological polar surface area (TPSA) is 88.3 Å². The molecule has 26 heavy (non-hydrogen) atoms. The lowest BCUT2D eigenvalue weighted by atomic mass is 9.97. The van der Waals surface area contributed by atoms with Crippen LogP contribution in [0.2, 0.25) is 0 Å². The zero-order valence-corrected chi connectivity index (χ0v) is 13.5. The summed E-state index contributed by atoms with van der Waals surface area (Å²) in [6.45, 7) is -0.0849. The maximum absolute atomic E-state index is 12.9. The minimum atomic E-state index is -4.47. The molecule has 9 heteroatoms. The highest BCUT2D eigenvalue weighted by molar-refractivity contribution is 6.01. The van der Waals surface area contributed by atoms with E-state index in [1.165, 1.54) is 23.2 Å². The Labute approximate surface area is 146 Å². The van der Waals surface area contributed by atoms with E-state index in [2.05, 4.69) is 10.3 Å². The van der Waals surface area contributed by atoms with Crippen LogP contribution in [0.25, 0.3) is 0 Å². The molecule has 0 saturated carbocycles. The molecule has 2 aromatic rings. The zero-order valence-electron chi connectivity index (χ0n) is 13.5. The molecule has 3 N–H and O–H groups in total. The molecule has 6 nitrogen and oxygen atoms in total. The number of alkyl halides is 3. The Morgan fingerprint density at radius 2 is 2.12 bits per heavy atom. The van der Waals surface area contributed by atoms with Crippen LogP contribution in [0.3, 0.4) is 0 Å². The number of rotatable bonds is 3. The molecule has 3 rings (SSSR count). The molecule has 0 spiro atoms. The van der Waals surface area contributed by atoms with Crippen molar-refractivity contribution in [1.29, 1.82) is 0 Å². The number of aromatic nitrogens is 1. The van der Waals surface area contributed by atoms with Crippen molar-refractivity contribution in [1.82, 2.24) is 10.3 Å². The number of carbonyl (C=O) groups is 2. The lowest BCUT2D eigenvalue weighted by Crippen LogP contribution is -2.53. The molecule has 0 saturated heterocycles. The summed E-state index contributed by atoms with van der Waals surface area (Å²) in [7, 11) is 0. The van der Waals surface area contributed by atoms with Crippen LogP contribution < -0.4 is 16.0 Å². The number of anilines is 1. The summed E-state index contributed by atoms with van der Waals surface area (Å²) in [5, 5.41) is 2.37. The van der Waals surface area contributed by atoms with Gasteiger partial charge in [0.1, 0.15) is 6.04 Å². The molecule has 1 aromatic heterocycles. The van der Waals surface area contributed by atoms with Gasteiger partial charge in [0.15, 0.2) is 0 Å². The molecular formula is C17H15F3N4O2. The van der Waals surface area contributed by atoms with Gasteiger partial charge in [-0.3, -0.25) is 9.78 Å². The predicted octanol–water partition coefficient (Wildman–Crippen LogP) is 2.23. The van der Waals surface area contributed by atoms with Gasteiger partial charge in [-0.25, -0.2) is 4.79 Å². The number of hydrogen-bond donors (Lipinski definition) is 2. The summed E-state index contributed by atoms with van der Waals surface area (Å²) < 4.78 is 38.7. The van der Waals surface area contributed by atoms with Gasteiger partial charge >= 0.3 is 12.2 Å². The number of primary amides is 1. The van der Waals surface area contributed by atoms with Crippen LogP contribution in [0.15, 0.2) is 42.7 Å². The maximum Gasteiger partial charge on any atom is 0.416 e. The van der Waals surface area contributed by atoms with Crippen LogP contribution in [0, 0.1) is 0 Å². The van der Waals surface area contributed by atoms with Crippen LogP contribution in [0.4, 0.5) is 23.7 Å². The van der Waals surface area contributed by atoms with Crippen LogP contribution in [0.1, 0.15) is 16.7 Å². The normalized spacial score (nSPS) is 17.0. The Hall–Kier alpha value is -3.10. The van der Waals surface area contributed by atoms with E-state index in [4.69, 9.17) is 5.73 Å². The summed E-state index contributed by atoms with van der Waals surface area (Å²) in [5.41, 5.74) is 5.87. The summed E-state index contributed by atoms with van der Waals surface area (Å²) in [5.74, 6) is -0.457. The van der Waals surface area contributed by atoms with Crippen molar-refractivity contribution in [3.63, 3.8) is 0 Å². The first-order chi connectivity index (χ1) is 12.3. The Kier molecular flexibility index (Phi) is 4.54. The maximum atomic E-state index is 12.9. The largest absolute Gasteiger partial charge is 0.416 e. The fraction of sp³-hybridized carbons (Fsp3) is 0.235. The Balaban J connectivity index is 1.95. The lowest BCUT2D eigenvalue weighted by molar-refractivity contribution is -0.137. The highest BCUT2D eigenvalue weighted by atomic mass is 19.4. The number of hydrogen-bond acceptors (Lipinski definition) is 3. The lowest BCUT2D eigenvalue weighted by Gasteiger charge is -2.34. The number of pyridine rings is 1. The molecule has 1 atom stereocenters. The van der Waals surface area contributed by atoms with Gasteiger partial charge in [0, 0.05) is 12.6 Å². The average molecular weight is 364 g/mol. The third-order valence-corrected chi connectivity index (χ3v) is 4.08. The number of nitrogens with two attached hydrogens (primary N) is 1. The van der Waals surface area contributed by atoms with E-state index in [-0.39, 0.29) is 13.0 Å². The van der Waals surface area contributed by atoms with Gasteiger partial charge in [0.25, 0.3) is 0 Å². The molecule has 0 radical (unpaired) electrons. The van der Waals surface area contributed by atoms with E-state index in [1.807, 2.05) is 0 Å². The van der Waals surface area contributed by atoms with Gasteiger partial charge in [0.2, 0.25) is 5.91 Å². The first kappa shape index (κ1) is 17.7. The van der Waals surface area contributed by atoms with E-state index in [0.29, 0.717) is 11.3 Å². The van der Waals surface area contributed by atoms with Crippen molar-refractivity contribution in [2.75, 3.05) is 4.90 Å². The van der Waals surface area contributed by atoms with Gasteiger partial charge in [-0.2, -0.15) is 13.2 Å². The van der Waals surface area contributed by atoms with E-state index >= 15 is 0 Å². The summed E-state index contributed by atoms with van der Waals surface area (Å²) in [6, 6.07) is 4.71. The Bertz CT molecular complexity index is 854.